The lowest BCUT2D eigenvalue weighted by Gasteiger charge is -2.25. The van der Waals surface area contributed by atoms with Gasteiger partial charge in [-0.05, 0) is 24.3 Å². The first-order chi connectivity index (χ1) is 10.7. The van der Waals surface area contributed by atoms with E-state index in [9.17, 15) is 10.0 Å². The second-order valence-corrected chi connectivity index (χ2v) is 5.55. The molecule has 2 aromatic rings. The Kier molecular flexibility index (Phi) is 2.69. The average molecular weight is 294 g/mol. The molecule has 2 N–H and O–H groups in total. The van der Waals surface area contributed by atoms with Crippen LogP contribution in [0.2, 0.25) is 0 Å². The zero-order chi connectivity index (χ0) is 15.2. The van der Waals surface area contributed by atoms with Crippen LogP contribution in [0.25, 0.3) is 0 Å². The molecule has 1 aliphatic carbocycles. The van der Waals surface area contributed by atoms with Crippen LogP contribution >= 0.6 is 0 Å². The SMILES string of the molecule is O=C(Nc1ccccc1)[C@@]12C[C@H]1/C(=N/O)c1ccccc1O2. The highest BCUT2D eigenvalue weighted by Crippen LogP contribution is 2.54. The van der Waals surface area contributed by atoms with E-state index < -0.39 is 5.60 Å². The van der Waals surface area contributed by atoms with Crippen LogP contribution in [0.1, 0.15) is 12.0 Å². The topological polar surface area (TPSA) is 70.9 Å². The normalized spacial score (nSPS) is 26.5. The smallest absolute Gasteiger partial charge is 0.269 e. The maximum atomic E-state index is 12.6. The van der Waals surface area contributed by atoms with Gasteiger partial charge in [-0.2, -0.15) is 0 Å². The minimum absolute atomic E-state index is 0.209. The lowest BCUT2D eigenvalue weighted by atomic mass is 9.99. The fraction of sp³-hybridized carbons (Fsp3) is 0.176. The van der Waals surface area contributed by atoms with Crippen molar-refractivity contribution in [3.05, 3.63) is 60.2 Å². The van der Waals surface area contributed by atoms with Gasteiger partial charge in [-0.3, -0.25) is 4.79 Å². The monoisotopic (exact) mass is 294 g/mol. The number of hydrogen-bond donors (Lipinski definition) is 2. The van der Waals surface area contributed by atoms with Crippen molar-refractivity contribution in [1.82, 2.24) is 0 Å². The highest BCUT2D eigenvalue weighted by Gasteiger charge is 2.68. The number of ether oxygens (including phenoxy) is 1. The van der Waals surface area contributed by atoms with E-state index in [0.717, 1.165) is 11.3 Å². The van der Waals surface area contributed by atoms with Crippen molar-refractivity contribution in [2.45, 2.75) is 12.0 Å². The Balaban J connectivity index is 1.66. The van der Waals surface area contributed by atoms with Gasteiger partial charge in [0.15, 0.2) is 5.60 Å². The molecule has 1 fully saturated rings. The molecule has 5 heteroatoms. The van der Waals surface area contributed by atoms with Gasteiger partial charge in [-0.1, -0.05) is 35.5 Å². The molecule has 5 nitrogen and oxygen atoms in total. The van der Waals surface area contributed by atoms with Gasteiger partial charge in [0.2, 0.25) is 0 Å². The van der Waals surface area contributed by atoms with Crippen molar-refractivity contribution < 1.29 is 14.7 Å². The summed E-state index contributed by atoms with van der Waals surface area (Å²) in [6.07, 6.45) is 0.514. The van der Waals surface area contributed by atoms with Crippen LogP contribution in [0.3, 0.4) is 0 Å². The lowest BCUT2D eigenvalue weighted by molar-refractivity contribution is -0.125. The molecule has 0 saturated heterocycles. The number of benzene rings is 2. The molecule has 110 valence electrons. The molecule has 2 aliphatic rings. The first-order valence-electron chi connectivity index (χ1n) is 7.11. The fourth-order valence-corrected chi connectivity index (χ4v) is 3.01. The van der Waals surface area contributed by atoms with Gasteiger partial charge in [0, 0.05) is 17.7 Å². The first-order valence-corrected chi connectivity index (χ1v) is 7.11. The number of rotatable bonds is 2. The zero-order valence-corrected chi connectivity index (χ0v) is 11.7. The zero-order valence-electron chi connectivity index (χ0n) is 11.7. The molecule has 2 atom stereocenters. The van der Waals surface area contributed by atoms with Crippen LogP contribution in [0, 0.1) is 5.92 Å². The summed E-state index contributed by atoms with van der Waals surface area (Å²) in [5, 5.41) is 15.6. The number of fused-ring (bicyclic) bond motifs is 2. The number of nitrogens with one attached hydrogen (secondary N) is 1. The van der Waals surface area contributed by atoms with Gasteiger partial charge in [0.05, 0.1) is 11.6 Å². The number of para-hydroxylation sites is 2. The van der Waals surface area contributed by atoms with Crippen molar-refractivity contribution in [3.8, 4) is 5.75 Å². The Labute approximate surface area is 127 Å². The predicted molar refractivity (Wildman–Crippen MR) is 81.3 cm³/mol. The molecule has 2 aromatic carbocycles. The van der Waals surface area contributed by atoms with Crippen LogP contribution in [0.5, 0.6) is 5.75 Å². The Hall–Kier alpha value is -2.82. The van der Waals surface area contributed by atoms with Crippen molar-refractivity contribution >= 4 is 17.3 Å². The van der Waals surface area contributed by atoms with Gasteiger partial charge in [-0.15, -0.1) is 0 Å². The number of hydrogen-bond acceptors (Lipinski definition) is 4. The molecule has 22 heavy (non-hydrogen) atoms. The Morgan fingerprint density at radius 3 is 2.68 bits per heavy atom. The van der Waals surface area contributed by atoms with Crippen LogP contribution in [-0.2, 0) is 4.79 Å². The molecule has 1 amide bonds. The number of oxime groups is 1. The van der Waals surface area contributed by atoms with Gasteiger partial charge in [-0.25, -0.2) is 0 Å². The molecule has 1 aliphatic heterocycles. The maximum Gasteiger partial charge on any atom is 0.269 e. The fourth-order valence-electron chi connectivity index (χ4n) is 3.01. The largest absolute Gasteiger partial charge is 0.476 e. The van der Waals surface area contributed by atoms with Crippen LogP contribution in [-0.4, -0.2) is 22.4 Å². The van der Waals surface area contributed by atoms with Crippen LogP contribution < -0.4 is 10.1 Å². The summed E-state index contributed by atoms with van der Waals surface area (Å²) >= 11 is 0. The number of anilines is 1. The van der Waals surface area contributed by atoms with Crippen molar-refractivity contribution in [2.75, 3.05) is 5.32 Å². The molecule has 4 rings (SSSR count). The minimum Gasteiger partial charge on any atom is -0.476 e. The van der Waals surface area contributed by atoms with E-state index in [4.69, 9.17) is 4.74 Å². The highest BCUT2D eigenvalue weighted by molar-refractivity contribution is 6.15. The molecule has 1 saturated carbocycles. The standard InChI is InChI=1S/C17H14N2O3/c20-16(18-11-6-2-1-3-7-11)17-10-13(17)15(19-21)12-8-4-5-9-14(12)22-17/h1-9,13,21H,10H2,(H,18,20)/b19-15+/t13-,17+/m0/s1. The van der Waals surface area contributed by atoms with E-state index in [1.54, 1.807) is 6.07 Å². The highest BCUT2D eigenvalue weighted by atomic mass is 16.5. The summed E-state index contributed by atoms with van der Waals surface area (Å²) in [6.45, 7) is 0. The second kappa shape index (κ2) is 4.59. The average Bonchev–Trinajstić information content (AvgIpc) is 3.29. The Bertz CT molecular complexity index is 772. The van der Waals surface area contributed by atoms with Crippen LogP contribution in [0.4, 0.5) is 5.69 Å². The van der Waals surface area contributed by atoms with Gasteiger partial charge in [0.1, 0.15) is 5.75 Å². The van der Waals surface area contributed by atoms with Gasteiger partial charge < -0.3 is 15.3 Å². The van der Waals surface area contributed by atoms with Crippen molar-refractivity contribution in [1.29, 1.82) is 0 Å². The Morgan fingerprint density at radius 2 is 1.91 bits per heavy atom. The third-order valence-corrected chi connectivity index (χ3v) is 4.22. The summed E-state index contributed by atoms with van der Waals surface area (Å²) in [6, 6.07) is 16.6. The summed E-state index contributed by atoms with van der Waals surface area (Å²) in [7, 11) is 0. The molecular weight excluding hydrogens is 280 g/mol. The molecule has 0 bridgehead atoms. The first kappa shape index (κ1) is 12.9. The van der Waals surface area contributed by atoms with E-state index in [1.807, 2.05) is 48.5 Å². The van der Waals surface area contributed by atoms with Gasteiger partial charge >= 0.3 is 0 Å². The minimum atomic E-state index is -0.967. The maximum absolute atomic E-state index is 12.6. The second-order valence-electron chi connectivity index (χ2n) is 5.55. The van der Waals surface area contributed by atoms with Crippen molar-refractivity contribution in [2.24, 2.45) is 11.1 Å². The third kappa shape index (κ3) is 1.79. The number of carbonyl (C=O) groups is 1. The molecule has 0 radical (unpaired) electrons. The number of amides is 1. The third-order valence-electron chi connectivity index (χ3n) is 4.22. The quantitative estimate of drug-likeness (QED) is 0.660. The van der Waals surface area contributed by atoms with E-state index in [0.29, 0.717) is 17.9 Å². The van der Waals surface area contributed by atoms with Crippen molar-refractivity contribution in [3.63, 3.8) is 0 Å². The number of nitrogens with zero attached hydrogens (tertiary/aromatic N) is 1. The summed E-state index contributed by atoms with van der Waals surface area (Å²) < 4.78 is 5.96. The molecule has 1 heterocycles. The molecular formula is C17H14N2O3. The van der Waals surface area contributed by atoms with E-state index >= 15 is 0 Å². The van der Waals surface area contributed by atoms with E-state index in [1.165, 1.54) is 0 Å². The van der Waals surface area contributed by atoms with Gasteiger partial charge in [0.25, 0.3) is 5.91 Å². The predicted octanol–water partition coefficient (Wildman–Crippen LogP) is 2.65. The molecule has 0 unspecified atom stereocenters. The molecule has 0 spiro atoms. The summed E-state index contributed by atoms with van der Waals surface area (Å²) in [5.41, 5.74) is 1.02. The Morgan fingerprint density at radius 1 is 1.18 bits per heavy atom. The molecule has 0 aromatic heterocycles. The summed E-state index contributed by atoms with van der Waals surface area (Å²) in [5.74, 6) is 0.155. The van der Waals surface area contributed by atoms with Crippen LogP contribution in [0.15, 0.2) is 59.8 Å². The van der Waals surface area contributed by atoms with E-state index in [-0.39, 0.29) is 11.8 Å². The lowest BCUT2D eigenvalue weighted by Crippen LogP contribution is -2.41. The summed E-state index contributed by atoms with van der Waals surface area (Å²) in [4.78, 5) is 12.6. The van der Waals surface area contributed by atoms with E-state index in [2.05, 4.69) is 10.5 Å². The number of carbonyl (C=O) groups excluding carboxylic acids is 1.